The molecule has 4 nitrogen and oxygen atoms in total. The molecule has 19 heavy (non-hydrogen) atoms. The zero-order valence-corrected chi connectivity index (χ0v) is 12.2. The number of hydrogen-bond donors (Lipinski definition) is 1. The Morgan fingerprint density at radius 1 is 1.16 bits per heavy atom. The van der Waals surface area contributed by atoms with E-state index in [4.69, 9.17) is 9.47 Å². The Bertz CT molecular complexity index is 430. The van der Waals surface area contributed by atoms with E-state index >= 15 is 0 Å². The summed E-state index contributed by atoms with van der Waals surface area (Å²) in [5, 5.41) is 2.92. The summed E-state index contributed by atoms with van der Waals surface area (Å²) in [4.78, 5) is 11.8. The Balaban J connectivity index is 2.75. The van der Waals surface area contributed by atoms with Crippen LogP contribution in [0, 0.1) is 6.92 Å². The van der Waals surface area contributed by atoms with E-state index in [2.05, 4.69) is 12.2 Å². The smallest absolute Gasteiger partial charge is 0.224 e. The highest BCUT2D eigenvalue weighted by atomic mass is 16.5. The van der Waals surface area contributed by atoms with Gasteiger partial charge in [0.15, 0.2) is 11.5 Å². The molecule has 0 aliphatic rings. The van der Waals surface area contributed by atoms with Crippen molar-refractivity contribution in [2.24, 2.45) is 0 Å². The Labute approximate surface area is 115 Å². The first kappa shape index (κ1) is 15.3. The van der Waals surface area contributed by atoms with E-state index in [-0.39, 0.29) is 5.91 Å². The van der Waals surface area contributed by atoms with Crippen LogP contribution >= 0.6 is 0 Å². The van der Waals surface area contributed by atoms with Gasteiger partial charge in [0.1, 0.15) is 0 Å². The molecule has 0 aliphatic carbocycles. The molecule has 1 rings (SSSR count). The lowest BCUT2D eigenvalue weighted by atomic mass is 10.1. The highest BCUT2D eigenvalue weighted by molar-refractivity contribution is 5.91. The lowest BCUT2D eigenvalue weighted by molar-refractivity contribution is -0.116. The number of methoxy groups -OCH3 is 2. The molecular formula is C15H23NO3. The summed E-state index contributed by atoms with van der Waals surface area (Å²) in [7, 11) is 3.18. The van der Waals surface area contributed by atoms with Crippen LogP contribution in [0.3, 0.4) is 0 Å². The van der Waals surface area contributed by atoms with Gasteiger partial charge in [-0.2, -0.15) is 0 Å². The van der Waals surface area contributed by atoms with Crippen molar-refractivity contribution >= 4 is 11.6 Å². The lowest BCUT2D eigenvalue weighted by Gasteiger charge is -2.13. The topological polar surface area (TPSA) is 47.6 Å². The van der Waals surface area contributed by atoms with Crippen LogP contribution in [0.1, 0.15) is 38.2 Å². The van der Waals surface area contributed by atoms with Crippen molar-refractivity contribution in [2.45, 2.75) is 39.5 Å². The van der Waals surface area contributed by atoms with Crippen molar-refractivity contribution in [3.8, 4) is 11.5 Å². The van der Waals surface area contributed by atoms with Crippen LogP contribution < -0.4 is 14.8 Å². The van der Waals surface area contributed by atoms with Crippen LogP contribution in [0.25, 0.3) is 0 Å². The maximum Gasteiger partial charge on any atom is 0.224 e. The highest BCUT2D eigenvalue weighted by Gasteiger charge is 2.10. The van der Waals surface area contributed by atoms with Gasteiger partial charge in [-0.1, -0.05) is 19.8 Å². The van der Waals surface area contributed by atoms with Crippen molar-refractivity contribution in [2.75, 3.05) is 19.5 Å². The molecule has 1 aromatic rings. The second-order valence-corrected chi connectivity index (χ2v) is 4.53. The maximum absolute atomic E-state index is 11.8. The van der Waals surface area contributed by atoms with E-state index in [0.717, 1.165) is 30.5 Å². The number of hydrogen-bond acceptors (Lipinski definition) is 3. The Hall–Kier alpha value is -1.71. The normalized spacial score (nSPS) is 10.1. The van der Waals surface area contributed by atoms with E-state index in [1.807, 2.05) is 13.0 Å². The fourth-order valence-corrected chi connectivity index (χ4v) is 1.86. The molecule has 0 atom stereocenters. The molecule has 0 saturated carbocycles. The number of unbranched alkanes of at least 4 members (excludes halogenated alkanes) is 2. The van der Waals surface area contributed by atoms with Crippen LogP contribution in [0.15, 0.2) is 12.1 Å². The van der Waals surface area contributed by atoms with Crippen molar-refractivity contribution in [3.63, 3.8) is 0 Å². The Kier molecular flexibility index (Phi) is 6.19. The van der Waals surface area contributed by atoms with Crippen LogP contribution in [0.4, 0.5) is 5.69 Å². The average Bonchev–Trinajstić information content (AvgIpc) is 2.40. The number of benzene rings is 1. The number of nitrogens with one attached hydrogen (secondary N) is 1. The molecule has 0 spiro atoms. The van der Waals surface area contributed by atoms with Crippen molar-refractivity contribution < 1.29 is 14.3 Å². The first-order valence-corrected chi connectivity index (χ1v) is 6.64. The minimum Gasteiger partial charge on any atom is -0.493 e. The molecule has 0 aromatic heterocycles. The average molecular weight is 265 g/mol. The number of rotatable bonds is 7. The summed E-state index contributed by atoms with van der Waals surface area (Å²) in [6, 6.07) is 3.66. The Morgan fingerprint density at radius 3 is 2.37 bits per heavy atom. The molecular weight excluding hydrogens is 242 g/mol. The molecule has 4 heteroatoms. The van der Waals surface area contributed by atoms with Gasteiger partial charge >= 0.3 is 0 Å². The monoisotopic (exact) mass is 265 g/mol. The van der Waals surface area contributed by atoms with Gasteiger partial charge in [-0.25, -0.2) is 0 Å². The highest BCUT2D eigenvalue weighted by Crippen LogP contribution is 2.32. The summed E-state index contributed by atoms with van der Waals surface area (Å²) in [5.74, 6) is 1.34. The summed E-state index contributed by atoms with van der Waals surface area (Å²) in [6.45, 7) is 4.06. The molecule has 106 valence electrons. The van der Waals surface area contributed by atoms with Crippen molar-refractivity contribution in [1.82, 2.24) is 0 Å². The molecule has 0 unspecified atom stereocenters. The summed E-state index contributed by atoms with van der Waals surface area (Å²) in [6.07, 6.45) is 3.68. The van der Waals surface area contributed by atoms with E-state index in [0.29, 0.717) is 17.9 Å². The van der Waals surface area contributed by atoms with Crippen molar-refractivity contribution in [1.29, 1.82) is 0 Å². The summed E-state index contributed by atoms with van der Waals surface area (Å²) >= 11 is 0. The SMILES string of the molecule is CCCCCC(=O)Nc1cc(OC)c(OC)cc1C. The van der Waals surface area contributed by atoms with Gasteiger partial charge in [-0.3, -0.25) is 4.79 Å². The van der Waals surface area contributed by atoms with Gasteiger partial charge < -0.3 is 14.8 Å². The summed E-state index contributed by atoms with van der Waals surface area (Å²) in [5.41, 5.74) is 1.74. The van der Waals surface area contributed by atoms with E-state index < -0.39 is 0 Å². The number of anilines is 1. The second-order valence-electron chi connectivity index (χ2n) is 4.53. The van der Waals surface area contributed by atoms with Gasteiger partial charge in [0.25, 0.3) is 0 Å². The largest absolute Gasteiger partial charge is 0.493 e. The van der Waals surface area contributed by atoms with Gasteiger partial charge in [0.2, 0.25) is 5.91 Å². The standard InChI is InChI=1S/C15H23NO3/c1-5-6-7-8-15(17)16-12-10-14(19-4)13(18-3)9-11(12)2/h9-10H,5-8H2,1-4H3,(H,16,17). The minimum absolute atomic E-state index is 0.0452. The molecule has 0 fully saturated rings. The van der Waals surface area contributed by atoms with Crippen molar-refractivity contribution in [3.05, 3.63) is 17.7 Å². The molecule has 0 heterocycles. The van der Waals surface area contributed by atoms with Crippen LogP contribution in [-0.2, 0) is 4.79 Å². The zero-order chi connectivity index (χ0) is 14.3. The number of carbonyl (C=O) groups is 1. The molecule has 0 aliphatic heterocycles. The molecule has 1 amide bonds. The fourth-order valence-electron chi connectivity index (χ4n) is 1.86. The predicted octanol–water partition coefficient (Wildman–Crippen LogP) is 3.53. The summed E-state index contributed by atoms with van der Waals surface area (Å²) < 4.78 is 10.5. The third kappa shape index (κ3) is 4.47. The van der Waals surface area contributed by atoms with Gasteiger partial charge in [-0.05, 0) is 25.0 Å². The van der Waals surface area contributed by atoms with Crippen LogP contribution in [0.2, 0.25) is 0 Å². The molecule has 0 radical (unpaired) electrons. The van der Waals surface area contributed by atoms with Gasteiger partial charge in [0.05, 0.1) is 14.2 Å². The van der Waals surface area contributed by atoms with E-state index in [1.165, 1.54) is 0 Å². The third-order valence-corrected chi connectivity index (χ3v) is 3.01. The quantitative estimate of drug-likeness (QED) is 0.767. The Morgan fingerprint density at radius 2 is 1.79 bits per heavy atom. The number of carbonyl (C=O) groups excluding carboxylic acids is 1. The van der Waals surface area contributed by atoms with Gasteiger partial charge in [-0.15, -0.1) is 0 Å². The second kappa shape index (κ2) is 7.67. The van der Waals surface area contributed by atoms with Gasteiger partial charge in [0, 0.05) is 18.2 Å². The first-order chi connectivity index (χ1) is 9.12. The molecule has 1 aromatic carbocycles. The number of amides is 1. The fraction of sp³-hybridized carbons (Fsp3) is 0.533. The minimum atomic E-state index is 0.0452. The number of aryl methyl sites for hydroxylation is 1. The molecule has 0 saturated heterocycles. The predicted molar refractivity (Wildman–Crippen MR) is 77.1 cm³/mol. The third-order valence-electron chi connectivity index (χ3n) is 3.01. The first-order valence-electron chi connectivity index (χ1n) is 6.64. The maximum atomic E-state index is 11.8. The number of ether oxygens (including phenoxy) is 2. The van der Waals surface area contributed by atoms with Crippen LogP contribution in [0.5, 0.6) is 11.5 Å². The van der Waals surface area contributed by atoms with Crippen LogP contribution in [-0.4, -0.2) is 20.1 Å². The van der Waals surface area contributed by atoms with E-state index in [9.17, 15) is 4.79 Å². The molecule has 0 bridgehead atoms. The van der Waals surface area contributed by atoms with E-state index in [1.54, 1.807) is 20.3 Å². The lowest BCUT2D eigenvalue weighted by Crippen LogP contribution is -2.12. The molecule has 1 N–H and O–H groups in total. The zero-order valence-electron chi connectivity index (χ0n) is 12.2.